The number of rotatable bonds is 5. The van der Waals surface area contributed by atoms with Crippen LogP contribution in [0.3, 0.4) is 0 Å². The maximum atomic E-state index is 12.3. The van der Waals surface area contributed by atoms with Crippen molar-refractivity contribution >= 4 is 55.0 Å². The van der Waals surface area contributed by atoms with Gasteiger partial charge in [-0.2, -0.15) is 4.99 Å². The Bertz CT molecular complexity index is 920. The minimum absolute atomic E-state index is 0.115. The third kappa shape index (κ3) is 3.61. The van der Waals surface area contributed by atoms with Crippen LogP contribution in [-0.2, 0) is 0 Å². The number of hydrogen-bond donors (Lipinski definition) is 3. The van der Waals surface area contributed by atoms with E-state index in [0.717, 1.165) is 16.0 Å². The number of carbonyl (C=O) groups excluding carboxylic acids is 1. The van der Waals surface area contributed by atoms with Crippen LogP contribution in [0.15, 0.2) is 22.5 Å². The zero-order valence-electron chi connectivity index (χ0n) is 13.3. The van der Waals surface area contributed by atoms with Crippen molar-refractivity contribution < 1.29 is 14.3 Å². The Morgan fingerprint density at radius 2 is 1.92 bits per heavy atom. The second kappa shape index (κ2) is 6.91. The summed E-state index contributed by atoms with van der Waals surface area (Å²) in [6, 6.07) is 3.56. The zero-order valence-corrected chi connectivity index (χ0v) is 14.9. The fraction of sp³-hybridized carbons (Fsp3) is 0.143. The van der Waals surface area contributed by atoms with E-state index in [4.69, 9.17) is 20.9 Å². The molecule has 3 aromatic rings. The molecule has 1 aromatic carbocycles. The lowest BCUT2D eigenvalue weighted by Gasteiger charge is -2.05. The van der Waals surface area contributed by atoms with Crippen LogP contribution < -0.4 is 26.3 Å². The van der Waals surface area contributed by atoms with Gasteiger partial charge in [0.05, 0.1) is 24.4 Å². The number of guanidine groups is 1. The van der Waals surface area contributed by atoms with Gasteiger partial charge in [0, 0.05) is 17.5 Å². The van der Waals surface area contributed by atoms with Crippen molar-refractivity contribution in [1.29, 1.82) is 0 Å². The fourth-order valence-corrected chi connectivity index (χ4v) is 3.56. The Hall–Kier alpha value is -2.92. The number of carbonyl (C=O) groups is 1. The van der Waals surface area contributed by atoms with Crippen molar-refractivity contribution in [1.82, 2.24) is 9.97 Å². The van der Waals surface area contributed by atoms with Crippen LogP contribution >= 0.6 is 22.7 Å². The minimum atomic E-state index is -0.397. The van der Waals surface area contributed by atoms with Gasteiger partial charge in [0.1, 0.15) is 5.69 Å². The van der Waals surface area contributed by atoms with Gasteiger partial charge in [0.2, 0.25) is 5.13 Å². The van der Waals surface area contributed by atoms with E-state index < -0.39 is 5.91 Å². The van der Waals surface area contributed by atoms with Crippen molar-refractivity contribution in [3.8, 4) is 11.5 Å². The van der Waals surface area contributed by atoms with E-state index in [1.165, 1.54) is 11.3 Å². The van der Waals surface area contributed by atoms with Gasteiger partial charge in [-0.05, 0) is 0 Å². The highest BCUT2D eigenvalue weighted by atomic mass is 32.1. The molecule has 0 fully saturated rings. The van der Waals surface area contributed by atoms with E-state index in [1.54, 1.807) is 31.7 Å². The molecule has 25 heavy (non-hydrogen) atoms. The molecule has 11 heteroatoms. The number of fused-ring (bicyclic) bond motifs is 1. The quantitative estimate of drug-likeness (QED) is 0.455. The number of anilines is 1. The first-order chi connectivity index (χ1) is 12.0. The molecule has 3 rings (SSSR count). The largest absolute Gasteiger partial charge is 0.493 e. The maximum absolute atomic E-state index is 12.3. The van der Waals surface area contributed by atoms with Gasteiger partial charge >= 0.3 is 0 Å². The number of aromatic nitrogens is 2. The Morgan fingerprint density at radius 3 is 2.60 bits per heavy atom. The van der Waals surface area contributed by atoms with Crippen LogP contribution in [0.2, 0.25) is 0 Å². The highest BCUT2D eigenvalue weighted by Crippen LogP contribution is 2.36. The van der Waals surface area contributed by atoms with E-state index in [0.29, 0.717) is 27.3 Å². The fourth-order valence-electron chi connectivity index (χ4n) is 2.00. The predicted molar refractivity (Wildman–Crippen MR) is 98.3 cm³/mol. The van der Waals surface area contributed by atoms with E-state index in [2.05, 4.69) is 20.3 Å². The van der Waals surface area contributed by atoms with Gasteiger partial charge in [0.25, 0.3) is 5.91 Å². The number of amides is 1. The number of methoxy groups -OCH3 is 2. The Balaban J connectivity index is 1.83. The highest BCUT2D eigenvalue weighted by molar-refractivity contribution is 7.22. The summed E-state index contributed by atoms with van der Waals surface area (Å²) >= 11 is 2.48. The number of nitrogens with zero attached hydrogens (tertiary/aromatic N) is 3. The molecule has 0 aliphatic heterocycles. The van der Waals surface area contributed by atoms with Gasteiger partial charge in [-0.25, -0.2) is 9.97 Å². The number of thiazole rings is 2. The topological polar surface area (TPSA) is 138 Å². The molecule has 0 bridgehead atoms. The lowest BCUT2D eigenvalue weighted by atomic mass is 10.3. The van der Waals surface area contributed by atoms with Crippen molar-refractivity contribution in [3.05, 3.63) is 23.2 Å². The summed E-state index contributed by atoms with van der Waals surface area (Å²) in [7, 11) is 3.11. The van der Waals surface area contributed by atoms with E-state index in [1.807, 2.05) is 0 Å². The van der Waals surface area contributed by atoms with E-state index >= 15 is 0 Å². The molecular formula is C14H14N6O3S2. The summed E-state index contributed by atoms with van der Waals surface area (Å²) < 4.78 is 11.4. The molecule has 130 valence electrons. The first kappa shape index (κ1) is 16.9. The van der Waals surface area contributed by atoms with Gasteiger partial charge < -0.3 is 20.9 Å². The molecule has 0 atom stereocenters. The van der Waals surface area contributed by atoms with E-state index in [-0.39, 0.29) is 11.7 Å². The van der Waals surface area contributed by atoms with Gasteiger partial charge in [-0.1, -0.05) is 11.3 Å². The predicted octanol–water partition coefficient (Wildman–Crippen LogP) is 1.93. The summed E-state index contributed by atoms with van der Waals surface area (Å²) in [6.45, 7) is 0. The SMILES string of the molecule is COc1cc2nc(NC(=O)c3csc(N=C(N)N)n3)sc2cc1OC. The molecule has 9 nitrogen and oxygen atoms in total. The Kier molecular flexibility index (Phi) is 4.67. The molecule has 0 radical (unpaired) electrons. The molecular weight excluding hydrogens is 364 g/mol. The third-order valence-corrected chi connectivity index (χ3v) is 4.73. The number of benzene rings is 1. The van der Waals surface area contributed by atoms with Crippen molar-refractivity contribution in [2.45, 2.75) is 0 Å². The smallest absolute Gasteiger partial charge is 0.276 e. The summed E-state index contributed by atoms with van der Waals surface area (Å²) in [6.07, 6.45) is 0. The van der Waals surface area contributed by atoms with Crippen LogP contribution in [0.4, 0.5) is 10.3 Å². The summed E-state index contributed by atoms with van der Waals surface area (Å²) in [4.78, 5) is 24.5. The molecule has 0 aliphatic rings. The van der Waals surface area contributed by atoms with Crippen LogP contribution in [-0.4, -0.2) is 36.1 Å². The minimum Gasteiger partial charge on any atom is -0.493 e. The first-order valence-electron chi connectivity index (χ1n) is 6.89. The lowest BCUT2D eigenvalue weighted by molar-refractivity contribution is 0.102. The third-order valence-electron chi connectivity index (χ3n) is 3.06. The zero-order chi connectivity index (χ0) is 18.0. The number of nitrogens with two attached hydrogens (primary N) is 2. The highest BCUT2D eigenvalue weighted by Gasteiger charge is 2.15. The number of nitrogens with one attached hydrogen (secondary N) is 1. The average molecular weight is 378 g/mol. The monoisotopic (exact) mass is 378 g/mol. The molecule has 5 N–H and O–H groups in total. The average Bonchev–Trinajstić information content (AvgIpc) is 3.18. The van der Waals surface area contributed by atoms with Crippen molar-refractivity contribution in [2.75, 3.05) is 19.5 Å². The Labute approximate surface area is 150 Å². The van der Waals surface area contributed by atoms with Crippen LogP contribution in [0.1, 0.15) is 10.5 Å². The summed E-state index contributed by atoms with van der Waals surface area (Å²) in [5.74, 6) is 0.652. The van der Waals surface area contributed by atoms with E-state index in [9.17, 15) is 4.79 Å². The van der Waals surface area contributed by atoms with Crippen molar-refractivity contribution in [3.63, 3.8) is 0 Å². The molecule has 0 aliphatic carbocycles. The summed E-state index contributed by atoms with van der Waals surface area (Å²) in [5, 5.41) is 5.02. The first-order valence-corrected chi connectivity index (χ1v) is 8.59. The van der Waals surface area contributed by atoms with Crippen molar-refractivity contribution in [2.24, 2.45) is 16.5 Å². The molecule has 0 unspecified atom stereocenters. The maximum Gasteiger partial charge on any atom is 0.276 e. The summed E-state index contributed by atoms with van der Waals surface area (Å²) in [5.41, 5.74) is 11.5. The number of hydrogen-bond acceptors (Lipinski definition) is 8. The molecule has 0 saturated heterocycles. The normalized spacial score (nSPS) is 10.5. The van der Waals surface area contributed by atoms with Gasteiger partial charge in [-0.15, -0.1) is 11.3 Å². The van der Waals surface area contributed by atoms with Crippen LogP contribution in [0, 0.1) is 0 Å². The van der Waals surface area contributed by atoms with Crippen LogP contribution in [0.25, 0.3) is 10.2 Å². The van der Waals surface area contributed by atoms with Crippen LogP contribution in [0.5, 0.6) is 11.5 Å². The standard InChI is InChI=1S/C14H14N6O3S2/c1-22-8-3-6-10(4-9(8)23-2)25-14(17-6)19-11(21)7-5-24-13(18-7)20-12(15)16/h3-5H,1-2H3,(H,17,19,21)(H4,15,16,18,20). The Morgan fingerprint density at radius 1 is 1.20 bits per heavy atom. The second-order valence-corrected chi connectivity index (χ2v) is 6.57. The van der Waals surface area contributed by atoms with Gasteiger partial charge in [-0.3, -0.25) is 10.1 Å². The second-order valence-electron chi connectivity index (χ2n) is 4.70. The number of ether oxygens (including phenoxy) is 2. The molecule has 2 aromatic heterocycles. The molecule has 1 amide bonds. The lowest BCUT2D eigenvalue weighted by Crippen LogP contribution is -2.21. The number of aliphatic imine (C=N–C) groups is 1. The van der Waals surface area contributed by atoms with Gasteiger partial charge in [0.15, 0.2) is 22.6 Å². The molecule has 2 heterocycles. The molecule has 0 spiro atoms. The molecule has 0 saturated carbocycles.